The number of carbonyl (C=O) groups excluding carboxylic acids is 2. The van der Waals surface area contributed by atoms with Crippen molar-refractivity contribution in [3.05, 3.63) is 102 Å². The molecule has 2 aromatic carbocycles. The van der Waals surface area contributed by atoms with Crippen LogP contribution in [0.1, 0.15) is 27.2 Å². The van der Waals surface area contributed by atoms with Crippen LogP contribution in [0.25, 0.3) is 11.6 Å². The molecule has 3 rings (SSSR count). The van der Waals surface area contributed by atoms with Gasteiger partial charge in [-0.15, -0.1) is 0 Å². The quantitative estimate of drug-likeness (QED) is 0.213. The summed E-state index contributed by atoms with van der Waals surface area (Å²) in [4.78, 5) is 24.4. The fourth-order valence-electron chi connectivity index (χ4n) is 2.87. The normalized spacial score (nSPS) is 11.4. The predicted molar refractivity (Wildman–Crippen MR) is 116 cm³/mol. The summed E-state index contributed by atoms with van der Waals surface area (Å²) in [5.74, 6) is 0.568. The van der Waals surface area contributed by atoms with Crippen molar-refractivity contribution in [2.24, 2.45) is 0 Å². The van der Waals surface area contributed by atoms with Crippen LogP contribution in [0.5, 0.6) is 5.75 Å². The highest BCUT2D eigenvalue weighted by Crippen LogP contribution is 2.23. The Balaban J connectivity index is 1.69. The molecule has 6 nitrogen and oxygen atoms in total. The molecule has 0 saturated carbocycles. The zero-order valence-electron chi connectivity index (χ0n) is 17.2. The summed E-state index contributed by atoms with van der Waals surface area (Å²) in [5.41, 5.74) is 2.28. The molecule has 0 bridgehead atoms. The Hall–Kier alpha value is -4.06. The number of hydrogen-bond donors (Lipinski definition) is 0. The van der Waals surface area contributed by atoms with Gasteiger partial charge in [0.1, 0.15) is 23.7 Å². The van der Waals surface area contributed by atoms with E-state index in [1.165, 1.54) is 26.6 Å². The van der Waals surface area contributed by atoms with Crippen LogP contribution in [0, 0.1) is 0 Å². The van der Waals surface area contributed by atoms with Gasteiger partial charge in [0.05, 0.1) is 26.7 Å². The first-order valence-electron chi connectivity index (χ1n) is 9.50. The molecule has 0 aliphatic carbocycles. The van der Waals surface area contributed by atoms with Crippen molar-refractivity contribution in [3.63, 3.8) is 0 Å². The van der Waals surface area contributed by atoms with Crippen LogP contribution in [-0.2, 0) is 20.9 Å². The van der Waals surface area contributed by atoms with Crippen molar-refractivity contribution < 1.29 is 28.2 Å². The van der Waals surface area contributed by atoms with E-state index in [4.69, 9.17) is 18.6 Å². The molecular formula is C25H22O6. The molecular weight excluding hydrogens is 396 g/mol. The van der Waals surface area contributed by atoms with E-state index in [1.54, 1.807) is 54.8 Å². The topological polar surface area (TPSA) is 75.0 Å². The highest BCUT2D eigenvalue weighted by molar-refractivity contribution is 6.16. The van der Waals surface area contributed by atoms with Crippen LogP contribution in [0.15, 0.2) is 83.7 Å². The Labute approximate surface area is 180 Å². The highest BCUT2D eigenvalue weighted by Gasteiger charge is 2.17. The number of ether oxygens (including phenoxy) is 3. The molecule has 0 aliphatic rings. The second-order valence-corrected chi connectivity index (χ2v) is 6.44. The summed E-state index contributed by atoms with van der Waals surface area (Å²) in [6.07, 6.45) is 5.98. The summed E-state index contributed by atoms with van der Waals surface area (Å²) in [7, 11) is 2.78. The van der Waals surface area contributed by atoms with E-state index in [2.05, 4.69) is 0 Å². The SMILES string of the molecule is CO/C=C(/C(=O)OC)c1ccccc1COc1ccc(C(=O)/C=C/c2ccco2)cc1. The van der Waals surface area contributed by atoms with Gasteiger partial charge in [-0.3, -0.25) is 4.79 Å². The zero-order chi connectivity index (χ0) is 22.1. The summed E-state index contributed by atoms with van der Waals surface area (Å²) in [6, 6.07) is 17.7. The fourth-order valence-corrected chi connectivity index (χ4v) is 2.87. The minimum atomic E-state index is -0.500. The largest absolute Gasteiger partial charge is 0.503 e. The molecule has 0 amide bonds. The van der Waals surface area contributed by atoms with E-state index in [9.17, 15) is 9.59 Å². The van der Waals surface area contributed by atoms with Crippen molar-refractivity contribution in [1.29, 1.82) is 0 Å². The lowest BCUT2D eigenvalue weighted by Crippen LogP contribution is -2.08. The summed E-state index contributed by atoms with van der Waals surface area (Å²) in [5, 5.41) is 0. The lowest BCUT2D eigenvalue weighted by Gasteiger charge is -2.13. The molecule has 1 heterocycles. The van der Waals surface area contributed by atoms with Gasteiger partial charge in [-0.25, -0.2) is 4.79 Å². The molecule has 1 aromatic heterocycles. The second-order valence-electron chi connectivity index (χ2n) is 6.44. The number of hydrogen-bond acceptors (Lipinski definition) is 6. The van der Waals surface area contributed by atoms with Crippen molar-refractivity contribution in [2.75, 3.05) is 14.2 Å². The Morgan fingerprint density at radius 3 is 2.42 bits per heavy atom. The average Bonchev–Trinajstić information content (AvgIpc) is 3.33. The second kappa shape index (κ2) is 10.6. The summed E-state index contributed by atoms with van der Waals surface area (Å²) < 4.78 is 20.9. The first-order valence-corrected chi connectivity index (χ1v) is 9.50. The number of allylic oxidation sites excluding steroid dienone is 1. The van der Waals surface area contributed by atoms with Crippen LogP contribution in [0.3, 0.4) is 0 Å². The zero-order valence-corrected chi connectivity index (χ0v) is 17.2. The molecule has 158 valence electrons. The maximum absolute atomic E-state index is 12.3. The number of carbonyl (C=O) groups is 2. The van der Waals surface area contributed by atoms with Gasteiger partial charge in [-0.1, -0.05) is 24.3 Å². The van der Waals surface area contributed by atoms with Gasteiger partial charge in [-0.05, 0) is 59.7 Å². The number of benzene rings is 2. The van der Waals surface area contributed by atoms with Crippen molar-refractivity contribution in [2.45, 2.75) is 6.61 Å². The van der Waals surface area contributed by atoms with E-state index in [0.29, 0.717) is 28.2 Å². The third-order valence-electron chi connectivity index (χ3n) is 4.42. The van der Waals surface area contributed by atoms with Gasteiger partial charge >= 0.3 is 5.97 Å². The van der Waals surface area contributed by atoms with Crippen LogP contribution in [0.2, 0.25) is 0 Å². The van der Waals surface area contributed by atoms with Crippen LogP contribution in [-0.4, -0.2) is 26.0 Å². The fraction of sp³-hybridized carbons (Fsp3) is 0.120. The van der Waals surface area contributed by atoms with Crippen molar-refractivity contribution in [1.82, 2.24) is 0 Å². The lowest BCUT2D eigenvalue weighted by atomic mass is 10.0. The first-order chi connectivity index (χ1) is 15.1. The van der Waals surface area contributed by atoms with E-state index >= 15 is 0 Å². The molecule has 6 heteroatoms. The molecule has 0 saturated heterocycles. The Kier molecular flexibility index (Phi) is 7.43. The number of rotatable bonds is 9. The van der Waals surface area contributed by atoms with Gasteiger partial charge in [0.2, 0.25) is 0 Å². The lowest BCUT2D eigenvalue weighted by molar-refractivity contribution is -0.133. The number of esters is 1. The number of furan rings is 1. The Morgan fingerprint density at radius 2 is 1.74 bits per heavy atom. The van der Waals surface area contributed by atoms with Crippen molar-refractivity contribution >= 4 is 23.4 Å². The summed E-state index contributed by atoms with van der Waals surface area (Å²) in [6.45, 7) is 0.222. The Bertz CT molecular complexity index is 1080. The maximum atomic E-state index is 12.3. The Morgan fingerprint density at radius 1 is 0.968 bits per heavy atom. The van der Waals surface area contributed by atoms with E-state index < -0.39 is 5.97 Å². The van der Waals surface area contributed by atoms with Crippen LogP contribution >= 0.6 is 0 Å². The molecule has 0 unspecified atom stereocenters. The van der Waals surface area contributed by atoms with Crippen LogP contribution in [0.4, 0.5) is 0 Å². The molecule has 0 radical (unpaired) electrons. The highest BCUT2D eigenvalue weighted by atomic mass is 16.5. The third-order valence-corrected chi connectivity index (χ3v) is 4.42. The monoisotopic (exact) mass is 418 g/mol. The van der Waals surface area contributed by atoms with Crippen LogP contribution < -0.4 is 4.74 Å². The maximum Gasteiger partial charge on any atom is 0.341 e. The molecule has 0 atom stereocenters. The molecule has 0 aliphatic heterocycles. The predicted octanol–water partition coefficient (Wildman–Crippen LogP) is 4.92. The first kappa shape index (κ1) is 21.6. The molecule has 31 heavy (non-hydrogen) atoms. The molecule has 0 spiro atoms. The van der Waals surface area contributed by atoms with E-state index in [0.717, 1.165) is 5.56 Å². The van der Waals surface area contributed by atoms with Gasteiger partial charge in [0.25, 0.3) is 0 Å². The van der Waals surface area contributed by atoms with Gasteiger partial charge in [-0.2, -0.15) is 0 Å². The minimum Gasteiger partial charge on any atom is -0.503 e. The summed E-state index contributed by atoms with van der Waals surface area (Å²) >= 11 is 0. The van der Waals surface area contributed by atoms with Gasteiger partial charge in [0, 0.05) is 5.56 Å². The standard InChI is InChI=1S/C25H22O6/c1-28-17-23(25(27)29-2)22-8-4-3-6-19(22)16-31-21-11-9-18(10-12-21)24(26)14-13-20-7-5-15-30-20/h3-15,17H,16H2,1-2H3/b14-13+,23-17+. The smallest absolute Gasteiger partial charge is 0.341 e. The van der Waals surface area contributed by atoms with Crippen molar-refractivity contribution in [3.8, 4) is 5.75 Å². The van der Waals surface area contributed by atoms with Gasteiger partial charge in [0.15, 0.2) is 5.78 Å². The third kappa shape index (κ3) is 5.73. The number of methoxy groups -OCH3 is 2. The van der Waals surface area contributed by atoms with Gasteiger partial charge < -0.3 is 18.6 Å². The minimum absolute atomic E-state index is 0.138. The molecule has 0 N–H and O–H groups in total. The molecule has 3 aromatic rings. The van der Waals surface area contributed by atoms with E-state index in [-0.39, 0.29) is 12.4 Å². The average molecular weight is 418 g/mol. The van der Waals surface area contributed by atoms with E-state index in [1.807, 2.05) is 18.2 Å². The molecule has 0 fully saturated rings. The number of ketones is 1.